The molecule has 140 valence electrons. The van der Waals surface area contributed by atoms with Crippen molar-refractivity contribution in [1.82, 2.24) is 10.3 Å². The second-order valence-electron chi connectivity index (χ2n) is 6.39. The van der Waals surface area contributed by atoms with Crippen LogP contribution in [0.15, 0.2) is 53.1 Å². The third-order valence-corrected chi connectivity index (χ3v) is 4.90. The maximum absolute atomic E-state index is 12.3. The standard InChI is InChI=1S/C21H20Cl2N2O2/c1-13-5-3-4-6-16(13)14(2)25-20(26)9-10-21-24-12-19(27-21)17-8-7-15(22)11-18(17)23/h3-8,11-12,14H,9-10H2,1-2H3,(H,25,26)/t14-/m0/s1. The molecule has 0 aliphatic heterocycles. The Morgan fingerprint density at radius 2 is 2.00 bits per heavy atom. The van der Waals surface area contributed by atoms with Gasteiger partial charge in [0.2, 0.25) is 5.91 Å². The number of aromatic nitrogens is 1. The summed E-state index contributed by atoms with van der Waals surface area (Å²) in [7, 11) is 0. The zero-order chi connectivity index (χ0) is 19.4. The fraction of sp³-hybridized carbons (Fsp3) is 0.238. The van der Waals surface area contributed by atoms with Crippen molar-refractivity contribution in [3.8, 4) is 11.3 Å². The molecular weight excluding hydrogens is 383 g/mol. The monoisotopic (exact) mass is 402 g/mol. The van der Waals surface area contributed by atoms with Crippen LogP contribution in [0, 0.1) is 6.92 Å². The summed E-state index contributed by atoms with van der Waals surface area (Å²) in [5, 5.41) is 4.07. The quantitative estimate of drug-likeness (QED) is 0.569. The number of benzene rings is 2. The van der Waals surface area contributed by atoms with Gasteiger partial charge in [-0.25, -0.2) is 4.98 Å². The Labute approximate surface area is 168 Å². The molecule has 2 aromatic carbocycles. The molecule has 0 saturated carbocycles. The van der Waals surface area contributed by atoms with E-state index in [4.69, 9.17) is 27.6 Å². The molecule has 6 heteroatoms. The molecule has 1 N–H and O–H groups in total. The molecule has 0 bridgehead atoms. The van der Waals surface area contributed by atoms with Gasteiger partial charge < -0.3 is 9.73 Å². The van der Waals surface area contributed by atoms with Crippen LogP contribution in [0.5, 0.6) is 0 Å². The van der Waals surface area contributed by atoms with Gasteiger partial charge in [0.05, 0.1) is 17.3 Å². The first-order valence-corrected chi connectivity index (χ1v) is 9.44. The summed E-state index contributed by atoms with van der Waals surface area (Å²) < 4.78 is 5.73. The lowest BCUT2D eigenvalue weighted by Gasteiger charge is -2.16. The Morgan fingerprint density at radius 1 is 1.22 bits per heavy atom. The SMILES string of the molecule is Cc1ccccc1[C@H](C)NC(=O)CCc1ncc(-c2ccc(Cl)cc2Cl)o1. The Kier molecular flexibility index (Phi) is 6.19. The molecule has 4 nitrogen and oxygen atoms in total. The maximum atomic E-state index is 12.3. The minimum atomic E-state index is -0.0494. The van der Waals surface area contributed by atoms with Gasteiger partial charge in [0.1, 0.15) is 0 Å². The minimum Gasteiger partial charge on any atom is -0.441 e. The van der Waals surface area contributed by atoms with Gasteiger partial charge in [-0.15, -0.1) is 0 Å². The third-order valence-electron chi connectivity index (χ3n) is 4.35. The number of aryl methyl sites for hydroxylation is 2. The maximum Gasteiger partial charge on any atom is 0.220 e. The number of hydrogen-bond donors (Lipinski definition) is 1. The Hall–Kier alpha value is -2.30. The Balaban J connectivity index is 1.58. The van der Waals surface area contributed by atoms with Crippen molar-refractivity contribution >= 4 is 29.1 Å². The average molecular weight is 403 g/mol. The Morgan fingerprint density at radius 3 is 2.74 bits per heavy atom. The summed E-state index contributed by atoms with van der Waals surface area (Å²) in [5.41, 5.74) is 2.99. The van der Waals surface area contributed by atoms with E-state index in [1.807, 2.05) is 38.1 Å². The van der Waals surface area contributed by atoms with Gasteiger partial charge in [-0.3, -0.25) is 4.79 Å². The molecule has 0 unspecified atom stereocenters. The number of hydrogen-bond acceptors (Lipinski definition) is 3. The number of carbonyl (C=O) groups excluding carboxylic acids is 1. The minimum absolute atomic E-state index is 0.0463. The van der Waals surface area contributed by atoms with Crippen LogP contribution in [0.1, 0.15) is 36.4 Å². The summed E-state index contributed by atoms with van der Waals surface area (Å²) in [5.74, 6) is 1.00. The van der Waals surface area contributed by atoms with Crippen LogP contribution in [-0.2, 0) is 11.2 Å². The molecule has 0 saturated heterocycles. The van der Waals surface area contributed by atoms with Gasteiger partial charge in [0, 0.05) is 23.4 Å². The number of nitrogens with zero attached hydrogens (tertiary/aromatic N) is 1. The molecule has 0 radical (unpaired) electrons. The second kappa shape index (κ2) is 8.59. The van der Waals surface area contributed by atoms with Crippen LogP contribution >= 0.6 is 23.2 Å². The fourth-order valence-electron chi connectivity index (χ4n) is 2.92. The predicted octanol–water partition coefficient (Wildman–Crippen LogP) is 5.77. The summed E-state index contributed by atoms with van der Waals surface area (Å²) in [6.07, 6.45) is 2.32. The molecule has 0 spiro atoms. The van der Waals surface area contributed by atoms with Crippen molar-refractivity contribution < 1.29 is 9.21 Å². The van der Waals surface area contributed by atoms with E-state index in [0.717, 1.165) is 16.7 Å². The fourth-order valence-corrected chi connectivity index (χ4v) is 3.43. The highest BCUT2D eigenvalue weighted by Gasteiger charge is 2.14. The highest BCUT2D eigenvalue weighted by atomic mass is 35.5. The smallest absolute Gasteiger partial charge is 0.220 e. The molecule has 3 aromatic rings. The number of oxazole rings is 1. The summed E-state index contributed by atoms with van der Waals surface area (Å²) in [6, 6.07) is 13.1. The van der Waals surface area contributed by atoms with Crippen molar-refractivity contribution in [3.05, 3.63) is 75.7 Å². The molecule has 0 fully saturated rings. The first-order chi connectivity index (χ1) is 12.9. The highest BCUT2D eigenvalue weighted by Crippen LogP contribution is 2.30. The van der Waals surface area contributed by atoms with E-state index >= 15 is 0 Å². The number of halogens is 2. The van der Waals surface area contributed by atoms with Crippen LogP contribution in [0.2, 0.25) is 10.0 Å². The summed E-state index contributed by atoms with van der Waals surface area (Å²) >= 11 is 12.1. The molecule has 27 heavy (non-hydrogen) atoms. The van der Waals surface area contributed by atoms with Crippen molar-refractivity contribution in [3.63, 3.8) is 0 Å². The molecular formula is C21H20Cl2N2O2. The zero-order valence-electron chi connectivity index (χ0n) is 15.1. The topological polar surface area (TPSA) is 55.1 Å². The second-order valence-corrected chi connectivity index (χ2v) is 7.23. The van der Waals surface area contributed by atoms with Gasteiger partial charge in [-0.05, 0) is 43.2 Å². The number of amides is 1. The zero-order valence-corrected chi connectivity index (χ0v) is 16.6. The molecule has 3 rings (SSSR count). The average Bonchev–Trinajstić information content (AvgIpc) is 3.09. The van der Waals surface area contributed by atoms with Crippen molar-refractivity contribution in [1.29, 1.82) is 0 Å². The van der Waals surface area contributed by atoms with Gasteiger partial charge >= 0.3 is 0 Å². The van der Waals surface area contributed by atoms with Crippen molar-refractivity contribution in [2.24, 2.45) is 0 Å². The van der Waals surface area contributed by atoms with E-state index in [1.165, 1.54) is 0 Å². The normalized spacial score (nSPS) is 12.0. The van der Waals surface area contributed by atoms with Gasteiger partial charge in [0.25, 0.3) is 0 Å². The lowest BCUT2D eigenvalue weighted by Crippen LogP contribution is -2.27. The molecule has 1 atom stereocenters. The Bertz CT molecular complexity index is 953. The van der Waals surface area contributed by atoms with Crippen LogP contribution < -0.4 is 5.32 Å². The molecule has 0 aliphatic carbocycles. The predicted molar refractivity (Wildman–Crippen MR) is 108 cm³/mol. The van der Waals surface area contributed by atoms with Crippen LogP contribution in [0.25, 0.3) is 11.3 Å². The van der Waals surface area contributed by atoms with Crippen molar-refractivity contribution in [2.45, 2.75) is 32.7 Å². The van der Waals surface area contributed by atoms with Gasteiger partial charge in [-0.1, -0.05) is 47.5 Å². The van der Waals surface area contributed by atoms with E-state index in [9.17, 15) is 4.79 Å². The number of rotatable bonds is 6. The van der Waals surface area contributed by atoms with Crippen LogP contribution in [-0.4, -0.2) is 10.9 Å². The third kappa shape index (κ3) is 4.90. The van der Waals surface area contributed by atoms with Crippen LogP contribution in [0.4, 0.5) is 0 Å². The molecule has 1 heterocycles. The lowest BCUT2D eigenvalue weighted by atomic mass is 10.0. The summed E-state index contributed by atoms with van der Waals surface area (Å²) in [6.45, 7) is 4.01. The van der Waals surface area contributed by atoms with Gasteiger partial charge in [0.15, 0.2) is 11.7 Å². The number of carbonyl (C=O) groups is 1. The van der Waals surface area contributed by atoms with Crippen LogP contribution in [0.3, 0.4) is 0 Å². The molecule has 1 aromatic heterocycles. The molecule has 0 aliphatic rings. The lowest BCUT2D eigenvalue weighted by molar-refractivity contribution is -0.121. The summed E-state index contributed by atoms with van der Waals surface area (Å²) in [4.78, 5) is 16.5. The largest absolute Gasteiger partial charge is 0.441 e. The van der Waals surface area contributed by atoms with E-state index < -0.39 is 0 Å². The molecule has 1 amide bonds. The van der Waals surface area contributed by atoms with E-state index in [1.54, 1.807) is 24.4 Å². The van der Waals surface area contributed by atoms with Crippen molar-refractivity contribution in [2.75, 3.05) is 0 Å². The number of nitrogens with one attached hydrogen (secondary N) is 1. The van der Waals surface area contributed by atoms with E-state index in [-0.39, 0.29) is 11.9 Å². The highest BCUT2D eigenvalue weighted by molar-refractivity contribution is 6.36. The van der Waals surface area contributed by atoms with E-state index in [0.29, 0.717) is 34.5 Å². The van der Waals surface area contributed by atoms with E-state index in [2.05, 4.69) is 10.3 Å². The van der Waals surface area contributed by atoms with Gasteiger partial charge in [-0.2, -0.15) is 0 Å². The first kappa shape index (κ1) is 19.5. The first-order valence-electron chi connectivity index (χ1n) is 8.69.